The number of ether oxygens (including phenoxy) is 1. The molecule has 8 nitrogen and oxygen atoms in total. The molecule has 2 unspecified atom stereocenters. The van der Waals surface area contributed by atoms with Gasteiger partial charge in [-0.05, 0) is 18.9 Å². The van der Waals surface area contributed by atoms with Crippen molar-refractivity contribution in [2.45, 2.75) is 31.9 Å². The molecule has 0 saturated heterocycles. The third kappa shape index (κ3) is 6.12. The minimum Gasteiger partial charge on any atom is -0.480 e. The minimum absolute atomic E-state index is 0.125. The number of rotatable bonds is 10. The van der Waals surface area contributed by atoms with E-state index in [9.17, 15) is 19.5 Å². The highest BCUT2D eigenvalue weighted by atomic mass is 16.5. The maximum absolute atomic E-state index is 12.4. The van der Waals surface area contributed by atoms with E-state index in [0.717, 1.165) is 0 Å². The first-order valence-corrected chi connectivity index (χ1v) is 7.39. The number of nitrogens with one attached hydrogen (secondary N) is 1. The van der Waals surface area contributed by atoms with Gasteiger partial charge in [-0.2, -0.15) is 4.79 Å². The van der Waals surface area contributed by atoms with Gasteiger partial charge in [0.1, 0.15) is 6.04 Å². The number of Topliss-reactive ketones (excluding diaryl/α,β-unsaturated/α-hetero) is 1. The van der Waals surface area contributed by atoms with Crippen molar-refractivity contribution < 1.29 is 29.0 Å². The summed E-state index contributed by atoms with van der Waals surface area (Å²) in [4.78, 5) is 37.5. The third-order valence-corrected chi connectivity index (χ3v) is 3.17. The summed E-state index contributed by atoms with van der Waals surface area (Å²) in [6.07, 6.45) is -0.549. The summed E-state index contributed by atoms with van der Waals surface area (Å²) in [5.74, 6) is -2.40. The van der Waals surface area contributed by atoms with Crippen LogP contribution in [0, 0.1) is 0 Å². The van der Waals surface area contributed by atoms with Gasteiger partial charge in [0.25, 0.3) is 5.91 Å². The average Bonchev–Trinajstić information content (AvgIpc) is 2.57. The Labute approximate surface area is 139 Å². The van der Waals surface area contributed by atoms with E-state index in [1.165, 1.54) is 0 Å². The van der Waals surface area contributed by atoms with Crippen LogP contribution in [-0.4, -0.2) is 46.4 Å². The predicted octanol–water partition coefficient (Wildman–Crippen LogP) is 0.983. The molecule has 0 aromatic heterocycles. The van der Waals surface area contributed by atoms with E-state index >= 15 is 0 Å². The maximum Gasteiger partial charge on any atom is 0.326 e. The highest BCUT2D eigenvalue weighted by molar-refractivity contribution is 6.25. The second kappa shape index (κ2) is 10.0. The maximum atomic E-state index is 12.4. The zero-order chi connectivity index (χ0) is 17.9. The van der Waals surface area contributed by atoms with Gasteiger partial charge in [0.15, 0.2) is 6.10 Å². The van der Waals surface area contributed by atoms with Crippen LogP contribution < -0.4 is 5.32 Å². The number of ketones is 1. The molecule has 0 radical (unpaired) electrons. The molecule has 0 aliphatic carbocycles. The zero-order valence-corrected chi connectivity index (χ0v) is 13.2. The highest BCUT2D eigenvalue weighted by Crippen LogP contribution is 2.17. The molecule has 24 heavy (non-hydrogen) atoms. The van der Waals surface area contributed by atoms with Crippen LogP contribution in [0.5, 0.6) is 0 Å². The average molecular weight is 333 g/mol. The molecule has 0 aliphatic heterocycles. The number of amides is 1. The number of aliphatic carboxylic acids is 1. The van der Waals surface area contributed by atoms with Gasteiger partial charge in [-0.15, -0.1) is 0 Å². The van der Waals surface area contributed by atoms with Gasteiger partial charge in [0.05, 0.1) is 0 Å². The van der Waals surface area contributed by atoms with Crippen LogP contribution in [0.3, 0.4) is 0 Å². The first-order valence-electron chi connectivity index (χ1n) is 7.39. The smallest absolute Gasteiger partial charge is 0.326 e. The molecule has 0 aliphatic rings. The Hall–Kier alpha value is -2.83. The molecule has 128 valence electrons. The number of hydrogen-bond donors (Lipinski definition) is 2. The predicted molar refractivity (Wildman–Crippen MR) is 84.3 cm³/mol. The number of nitrogens with zero attached hydrogens (tertiary/aromatic N) is 2. The van der Waals surface area contributed by atoms with Gasteiger partial charge >= 0.3 is 12.2 Å². The number of carboxylic acids is 1. The summed E-state index contributed by atoms with van der Waals surface area (Å²) in [5.41, 5.74) is 8.86. The van der Waals surface area contributed by atoms with E-state index in [2.05, 4.69) is 10.1 Å². The summed E-state index contributed by atoms with van der Waals surface area (Å²) in [7, 11) is 0. The lowest BCUT2D eigenvalue weighted by molar-refractivity contribution is -0.144. The molecule has 1 amide bonds. The summed E-state index contributed by atoms with van der Waals surface area (Å²) in [6.45, 7) is 2.00. The fourth-order valence-corrected chi connectivity index (χ4v) is 2.04. The quantitative estimate of drug-likeness (QED) is 0.374. The van der Waals surface area contributed by atoms with Crippen molar-refractivity contribution in [3.63, 3.8) is 0 Å². The van der Waals surface area contributed by atoms with Crippen molar-refractivity contribution >= 4 is 23.9 Å². The van der Waals surface area contributed by atoms with Crippen molar-refractivity contribution in [3.05, 3.63) is 41.4 Å². The van der Waals surface area contributed by atoms with E-state index in [0.29, 0.717) is 11.8 Å². The van der Waals surface area contributed by atoms with Crippen molar-refractivity contribution in [2.75, 3.05) is 6.61 Å². The van der Waals surface area contributed by atoms with Gasteiger partial charge in [0, 0.05) is 13.0 Å². The lowest BCUT2D eigenvalue weighted by atomic mass is 10.1. The van der Waals surface area contributed by atoms with Crippen LogP contribution in [0.25, 0.3) is 5.53 Å². The Kier molecular flexibility index (Phi) is 8.04. The Morgan fingerprint density at radius 1 is 1.33 bits per heavy atom. The molecule has 1 aromatic carbocycles. The van der Waals surface area contributed by atoms with Gasteiger partial charge in [-0.3, -0.25) is 9.59 Å². The van der Waals surface area contributed by atoms with Crippen molar-refractivity contribution in [3.8, 4) is 0 Å². The fraction of sp³-hybridized carbons (Fsp3) is 0.375. The van der Waals surface area contributed by atoms with Crippen LogP contribution in [0.1, 0.15) is 31.4 Å². The Morgan fingerprint density at radius 3 is 2.54 bits per heavy atom. The van der Waals surface area contributed by atoms with Crippen molar-refractivity contribution in [1.29, 1.82) is 0 Å². The topological polar surface area (TPSA) is 129 Å². The third-order valence-electron chi connectivity index (χ3n) is 3.17. The van der Waals surface area contributed by atoms with Crippen LogP contribution in [0.2, 0.25) is 0 Å². The first-order chi connectivity index (χ1) is 11.5. The van der Waals surface area contributed by atoms with Crippen molar-refractivity contribution in [2.24, 2.45) is 0 Å². The molecule has 0 bridgehead atoms. The Bertz CT molecular complexity index is 626. The highest BCUT2D eigenvalue weighted by Gasteiger charge is 2.27. The Balaban J connectivity index is 2.79. The molecule has 0 fully saturated rings. The van der Waals surface area contributed by atoms with E-state index in [-0.39, 0.29) is 19.4 Å². The minimum atomic E-state index is -1.26. The normalized spacial score (nSPS) is 12.5. The number of carbonyl (C=O) groups is 3. The zero-order valence-electron chi connectivity index (χ0n) is 13.2. The number of benzene rings is 1. The van der Waals surface area contributed by atoms with Gasteiger partial charge in [-0.1, -0.05) is 30.3 Å². The van der Waals surface area contributed by atoms with Gasteiger partial charge < -0.3 is 20.7 Å². The number of carboxylic acid groups (broad SMARTS) is 1. The summed E-state index contributed by atoms with van der Waals surface area (Å²) in [6, 6.07) is 7.44. The molecule has 1 aromatic rings. The van der Waals surface area contributed by atoms with Crippen LogP contribution in [-0.2, 0) is 19.1 Å². The van der Waals surface area contributed by atoms with Crippen LogP contribution in [0.4, 0.5) is 0 Å². The molecule has 2 atom stereocenters. The molecular formula is C16H19N3O5. The Morgan fingerprint density at radius 2 is 2.00 bits per heavy atom. The molecule has 0 heterocycles. The standard InChI is InChI=1S/C16H19N3O5/c1-2-24-14(11-6-4-3-5-7-11)15(21)19-13(16(22)23)9-8-12(20)10-18-17/h3-7,10,13-14H,2,8-9H2,1H3,(H,19,21)(H,22,23). The second-order valence-electron chi connectivity index (χ2n) is 4.90. The SMILES string of the molecule is CCOC(C(=O)NC(CCC(=O)C=[N+]=[N-])C(=O)O)c1ccccc1. The summed E-state index contributed by atoms with van der Waals surface area (Å²) >= 11 is 0. The monoisotopic (exact) mass is 333 g/mol. The van der Waals surface area contributed by atoms with Crippen LogP contribution >= 0.6 is 0 Å². The van der Waals surface area contributed by atoms with E-state index in [1.807, 2.05) is 0 Å². The van der Waals surface area contributed by atoms with Gasteiger partial charge in [0.2, 0.25) is 5.78 Å². The first kappa shape index (κ1) is 19.2. The van der Waals surface area contributed by atoms with Crippen molar-refractivity contribution in [1.82, 2.24) is 5.32 Å². The fourth-order valence-electron chi connectivity index (χ4n) is 2.04. The van der Waals surface area contributed by atoms with E-state index in [1.54, 1.807) is 37.3 Å². The summed E-state index contributed by atoms with van der Waals surface area (Å²) < 4.78 is 5.41. The van der Waals surface area contributed by atoms with Gasteiger partial charge in [-0.25, -0.2) is 4.79 Å². The number of hydrogen-bond acceptors (Lipinski definition) is 4. The number of carbonyl (C=O) groups excluding carboxylic acids is 2. The van der Waals surface area contributed by atoms with E-state index in [4.69, 9.17) is 10.3 Å². The lowest BCUT2D eigenvalue weighted by Gasteiger charge is -2.20. The van der Waals surface area contributed by atoms with Crippen LogP contribution in [0.15, 0.2) is 30.3 Å². The second-order valence-corrected chi connectivity index (χ2v) is 4.90. The molecule has 8 heteroatoms. The molecule has 2 N–H and O–H groups in total. The molecule has 0 spiro atoms. The lowest BCUT2D eigenvalue weighted by Crippen LogP contribution is -2.43. The summed E-state index contributed by atoms with van der Waals surface area (Å²) in [5, 5.41) is 11.6. The molecule has 0 saturated carbocycles. The molecular weight excluding hydrogens is 314 g/mol. The van der Waals surface area contributed by atoms with E-state index < -0.39 is 29.8 Å². The molecule has 1 rings (SSSR count). The largest absolute Gasteiger partial charge is 0.480 e.